The number of alkyl halides is 3. The highest BCUT2D eigenvalue weighted by molar-refractivity contribution is 5.88. The van der Waals surface area contributed by atoms with Crippen molar-refractivity contribution in [2.75, 3.05) is 5.01 Å². The fraction of sp³-hybridized carbons (Fsp3) is 0.250. The molecular weight excluding hydrogens is 305 g/mol. The minimum atomic E-state index is -4.49. The standard InChI is InChI=1S/C16H17F3N4/c1-4-11(2)8-10-23(22-12(3)16(17,18)19)15-6-5-13-14(21-15)7-9-20-13/h4-10,20H,1-3H3/b10-8+,11-4+,22-12+. The van der Waals surface area contributed by atoms with Gasteiger partial charge in [-0.25, -0.2) is 9.99 Å². The summed E-state index contributed by atoms with van der Waals surface area (Å²) in [6, 6.07) is 5.11. The summed E-state index contributed by atoms with van der Waals surface area (Å²) in [4.78, 5) is 7.31. The third kappa shape index (κ3) is 4.21. The quantitative estimate of drug-likeness (QED) is 0.500. The van der Waals surface area contributed by atoms with E-state index in [2.05, 4.69) is 15.1 Å². The summed E-state index contributed by atoms with van der Waals surface area (Å²) in [7, 11) is 0. The number of aromatic amines is 1. The Labute approximate surface area is 132 Å². The van der Waals surface area contributed by atoms with E-state index in [0.29, 0.717) is 11.3 Å². The molecule has 0 amide bonds. The third-order valence-corrected chi connectivity index (χ3v) is 3.23. The topological polar surface area (TPSA) is 44.3 Å². The van der Waals surface area contributed by atoms with Crippen LogP contribution in [-0.2, 0) is 0 Å². The number of allylic oxidation sites excluding steroid dienone is 3. The molecule has 2 rings (SSSR count). The molecule has 0 fully saturated rings. The number of nitrogens with zero attached hydrogens (tertiary/aromatic N) is 3. The number of fused-ring (bicyclic) bond motifs is 1. The lowest BCUT2D eigenvalue weighted by molar-refractivity contribution is -0.0594. The molecule has 2 heterocycles. The Kier molecular flexibility index (Phi) is 4.88. The van der Waals surface area contributed by atoms with Crippen molar-refractivity contribution in [3.8, 4) is 0 Å². The van der Waals surface area contributed by atoms with Crippen molar-refractivity contribution in [1.82, 2.24) is 9.97 Å². The van der Waals surface area contributed by atoms with Crippen LogP contribution in [0.3, 0.4) is 0 Å². The molecule has 23 heavy (non-hydrogen) atoms. The van der Waals surface area contributed by atoms with Gasteiger partial charge in [0, 0.05) is 12.4 Å². The molecule has 0 aromatic carbocycles. The molecule has 0 saturated heterocycles. The van der Waals surface area contributed by atoms with Crippen LogP contribution in [-0.4, -0.2) is 21.9 Å². The Bertz CT molecular complexity index is 769. The smallest absolute Gasteiger partial charge is 0.360 e. The second kappa shape index (κ2) is 6.68. The minimum Gasteiger partial charge on any atom is -0.360 e. The monoisotopic (exact) mass is 322 g/mol. The highest BCUT2D eigenvalue weighted by Crippen LogP contribution is 2.22. The van der Waals surface area contributed by atoms with E-state index >= 15 is 0 Å². The molecule has 122 valence electrons. The first kappa shape index (κ1) is 16.8. The maximum atomic E-state index is 12.8. The van der Waals surface area contributed by atoms with E-state index in [1.54, 1.807) is 30.5 Å². The van der Waals surface area contributed by atoms with Gasteiger partial charge < -0.3 is 4.98 Å². The number of hydrazone groups is 1. The van der Waals surface area contributed by atoms with Crippen molar-refractivity contribution < 1.29 is 13.2 Å². The largest absolute Gasteiger partial charge is 0.430 e. The van der Waals surface area contributed by atoms with Crippen LogP contribution in [0, 0.1) is 0 Å². The molecule has 0 spiro atoms. The van der Waals surface area contributed by atoms with Gasteiger partial charge in [0.25, 0.3) is 0 Å². The molecule has 0 aliphatic rings. The van der Waals surface area contributed by atoms with E-state index in [0.717, 1.165) is 23.0 Å². The van der Waals surface area contributed by atoms with E-state index in [-0.39, 0.29) is 0 Å². The molecule has 0 saturated carbocycles. The highest BCUT2D eigenvalue weighted by Gasteiger charge is 2.32. The van der Waals surface area contributed by atoms with Crippen molar-refractivity contribution in [2.24, 2.45) is 5.10 Å². The van der Waals surface area contributed by atoms with Gasteiger partial charge in [-0.15, -0.1) is 0 Å². The second-order valence-corrected chi connectivity index (χ2v) is 4.96. The fourth-order valence-corrected chi connectivity index (χ4v) is 1.71. The summed E-state index contributed by atoms with van der Waals surface area (Å²) in [5.74, 6) is 0.306. The van der Waals surface area contributed by atoms with E-state index in [4.69, 9.17) is 0 Å². The van der Waals surface area contributed by atoms with Crippen LogP contribution in [0.5, 0.6) is 0 Å². The Balaban J connectivity index is 2.45. The summed E-state index contributed by atoms with van der Waals surface area (Å²) >= 11 is 0. The number of nitrogens with one attached hydrogen (secondary N) is 1. The third-order valence-electron chi connectivity index (χ3n) is 3.23. The number of hydrogen-bond donors (Lipinski definition) is 1. The Morgan fingerprint density at radius 1 is 1.26 bits per heavy atom. The van der Waals surface area contributed by atoms with Crippen LogP contribution in [0.1, 0.15) is 20.8 Å². The lowest BCUT2D eigenvalue weighted by Gasteiger charge is -2.16. The molecule has 2 aromatic rings. The zero-order valence-corrected chi connectivity index (χ0v) is 13.0. The molecule has 0 aliphatic heterocycles. The van der Waals surface area contributed by atoms with Gasteiger partial charge in [0.2, 0.25) is 0 Å². The molecule has 1 N–H and O–H groups in total. The van der Waals surface area contributed by atoms with Gasteiger partial charge in [-0.1, -0.05) is 11.6 Å². The first-order valence-electron chi connectivity index (χ1n) is 6.98. The minimum absolute atomic E-state index is 0.306. The van der Waals surface area contributed by atoms with Gasteiger partial charge in [0.15, 0.2) is 5.82 Å². The molecule has 7 heteroatoms. The summed E-state index contributed by atoms with van der Waals surface area (Å²) < 4.78 is 38.3. The number of anilines is 1. The normalized spacial score (nSPS) is 14.0. The van der Waals surface area contributed by atoms with Crippen molar-refractivity contribution in [2.45, 2.75) is 26.9 Å². The summed E-state index contributed by atoms with van der Waals surface area (Å²) in [5, 5.41) is 4.78. The number of halogens is 3. The highest BCUT2D eigenvalue weighted by atomic mass is 19.4. The Morgan fingerprint density at radius 3 is 2.65 bits per heavy atom. The van der Waals surface area contributed by atoms with Crippen molar-refractivity contribution in [3.05, 3.63) is 48.3 Å². The number of H-pyrrole nitrogens is 1. The van der Waals surface area contributed by atoms with E-state index in [9.17, 15) is 13.2 Å². The maximum absolute atomic E-state index is 12.8. The molecule has 2 aromatic heterocycles. The van der Waals surface area contributed by atoms with Crippen LogP contribution in [0.2, 0.25) is 0 Å². The molecular formula is C16H17F3N4. The number of hydrogen-bond acceptors (Lipinski definition) is 3. The lowest BCUT2D eigenvalue weighted by Crippen LogP contribution is -2.23. The summed E-state index contributed by atoms with van der Waals surface area (Å²) in [6.45, 7) is 4.62. The maximum Gasteiger partial charge on any atom is 0.430 e. The SMILES string of the molecule is C/C=C(C)/C=C/N(/N=C(\C)C(F)(F)F)c1ccc2[nH]ccc2n1. The van der Waals surface area contributed by atoms with Gasteiger partial charge in [0.05, 0.1) is 11.0 Å². The van der Waals surface area contributed by atoms with Gasteiger partial charge >= 0.3 is 6.18 Å². The van der Waals surface area contributed by atoms with Crippen LogP contribution < -0.4 is 5.01 Å². The molecule has 0 bridgehead atoms. The Morgan fingerprint density at radius 2 is 2.00 bits per heavy atom. The Hall–Kier alpha value is -2.57. The number of pyridine rings is 1. The molecule has 0 aliphatic carbocycles. The lowest BCUT2D eigenvalue weighted by atomic mass is 10.3. The van der Waals surface area contributed by atoms with Crippen LogP contribution >= 0.6 is 0 Å². The van der Waals surface area contributed by atoms with Crippen molar-refractivity contribution in [1.29, 1.82) is 0 Å². The average molecular weight is 322 g/mol. The van der Waals surface area contributed by atoms with Crippen molar-refractivity contribution >= 4 is 22.6 Å². The zero-order valence-electron chi connectivity index (χ0n) is 13.0. The predicted molar refractivity (Wildman–Crippen MR) is 86.3 cm³/mol. The summed E-state index contributed by atoms with van der Waals surface area (Å²) in [5.41, 5.74) is 1.41. The first-order valence-corrected chi connectivity index (χ1v) is 6.98. The van der Waals surface area contributed by atoms with E-state index in [1.165, 1.54) is 6.20 Å². The van der Waals surface area contributed by atoms with Gasteiger partial charge in [-0.3, -0.25) is 0 Å². The summed E-state index contributed by atoms with van der Waals surface area (Å²) in [6.07, 6.45) is 2.22. The van der Waals surface area contributed by atoms with Crippen LogP contribution in [0.25, 0.3) is 11.0 Å². The number of rotatable bonds is 4. The zero-order chi connectivity index (χ0) is 17.0. The van der Waals surface area contributed by atoms with Crippen molar-refractivity contribution in [3.63, 3.8) is 0 Å². The molecule has 0 atom stereocenters. The van der Waals surface area contributed by atoms with Crippen LogP contribution in [0.4, 0.5) is 19.0 Å². The van der Waals surface area contributed by atoms with Gasteiger partial charge in [-0.05, 0) is 45.0 Å². The van der Waals surface area contributed by atoms with E-state index < -0.39 is 11.9 Å². The average Bonchev–Trinajstić information content (AvgIpc) is 2.97. The molecule has 4 nitrogen and oxygen atoms in total. The van der Waals surface area contributed by atoms with Gasteiger partial charge in [-0.2, -0.15) is 18.3 Å². The van der Waals surface area contributed by atoms with Gasteiger partial charge in [0.1, 0.15) is 5.71 Å². The molecule has 0 unspecified atom stereocenters. The fourth-order valence-electron chi connectivity index (χ4n) is 1.71. The predicted octanol–water partition coefficient (Wildman–Crippen LogP) is 4.79. The second-order valence-electron chi connectivity index (χ2n) is 4.96. The number of aromatic nitrogens is 2. The molecule has 0 radical (unpaired) electrons. The van der Waals surface area contributed by atoms with Crippen LogP contribution in [0.15, 0.2) is 53.4 Å². The first-order chi connectivity index (χ1) is 10.8. The van der Waals surface area contributed by atoms with E-state index in [1.807, 2.05) is 19.9 Å².